The van der Waals surface area contributed by atoms with Gasteiger partial charge in [0.2, 0.25) is 17.7 Å². The number of carbonyl (C=O) groups excluding carboxylic acids is 3. The average molecular weight is 1120 g/mol. The number of aromatic nitrogens is 3. The number of rotatable bonds is 13. The summed E-state index contributed by atoms with van der Waals surface area (Å²) in [5, 5.41) is 28.5. The van der Waals surface area contributed by atoms with Crippen LogP contribution in [0.25, 0.3) is 32.9 Å². The number of hydrogen-bond donors (Lipinski definition) is 4. The lowest BCUT2D eigenvalue weighted by molar-refractivity contribution is -0.135. The number of amides is 3. The Balaban J connectivity index is 0.000000170. The van der Waals surface area contributed by atoms with E-state index in [0.717, 1.165) is 36.0 Å². The summed E-state index contributed by atoms with van der Waals surface area (Å²) in [6, 6.07) is 14.3. The molecule has 1 saturated carbocycles. The molecule has 17 heteroatoms. The second-order valence-corrected chi connectivity index (χ2v) is 24.3. The van der Waals surface area contributed by atoms with Crippen molar-refractivity contribution >= 4 is 50.9 Å². The highest BCUT2D eigenvalue weighted by Crippen LogP contribution is 2.41. The summed E-state index contributed by atoms with van der Waals surface area (Å²) in [5.74, 6) is 1.55. The van der Waals surface area contributed by atoms with Crippen molar-refractivity contribution < 1.29 is 38.1 Å². The fourth-order valence-corrected chi connectivity index (χ4v) is 13.7. The first kappa shape index (κ1) is 59.7. The van der Waals surface area contributed by atoms with Crippen molar-refractivity contribution in [1.82, 2.24) is 35.4 Å². The predicted molar refractivity (Wildman–Crippen MR) is 316 cm³/mol. The number of β-amino-alcohol motifs (C(OH)–C–C–N with tert-alkyl or cyclic N) is 1. The lowest BCUT2D eigenvalue weighted by Gasteiger charge is -2.37. The number of nitrogens with zero attached hydrogens (tertiary/aromatic N) is 7. The first-order valence-corrected chi connectivity index (χ1v) is 30.2. The Morgan fingerprint density at radius 1 is 0.914 bits per heavy atom. The van der Waals surface area contributed by atoms with Gasteiger partial charge in [0, 0.05) is 81.5 Å². The molecule has 0 spiro atoms. The topological polar surface area (TPSA) is 177 Å². The van der Waals surface area contributed by atoms with Gasteiger partial charge in [-0.2, -0.15) is 9.97 Å². The summed E-state index contributed by atoms with van der Waals surface area (Å²) in [6.45, 7) is 18.0. The average Bonchev–Trinajstić information content (AvgIpc) is 4.15. The van der Waals surface area contributed by atoms with Crippen LogP contribution in [0, 0.1) is 36.3 Å². The van der Waals surface area contributed by atoms with Crippen molar-refractivity contribution in [3.63, 3.8) is 0 Å². The molecule has 11 rings (SSSR count). The number of phenolic OH excluding ortho intramolecular Hbond substituents is 1. The number of benzene rings is 3. The minimum atomic E-state index is -0.907. The van der Waals surface area contributed by atoms with Gasteiger partial charge in [0.15, 0.2) is 5.82 Å². The molecule has 438 valence electrons. The van der Waals surface area contributed by atoms with Crippen LogP contribution in [0.4, 0.5) is 20.3 Å². The first-order chi connectivity index (χ1) is 38.9. The maximum absolute atomic E-state index is 16.1. The molecule has 3 aromatic carbocycles. The monoisotopic (exact) mass is 1120 g/mol. The highest BCUT2D eigenvalue weighted by Gasteiger charge is 2.37. The molecule has 4 N–H and O–H groups in total. The number of aryl methyl sites for hydroxylation is 2. The maximum atomic E-state index is 16.1. The van der Waals surface area contributed by atoms with E-state index in [9.17, 15) is 29.0 Å². The lowest BCUT2D eigenvalue weighted by atomic mass is 9.81. The maximum Gasteiger partial charge on any atom is 0.318 e. The molecular weight excluding hydrogens is 1030 g/mol. The predicted octanol–water partition coefficient (Wildman–Crippen LogP) is 10.4. The highest BCUT2D eigenvalue weighted by molar-refractivity contribution is 6.02. The number of fused-ring (bicyclic) bond motifs is 3. The van der Waals surface area contributed by atoms with E-state index < -0.39 is 17.2 Å². The molecule has 5 saturated heterocycles. The van der Waals surface area contributed by atoms with Crippen LogP contribution in [0.1, 0.15) is 147 Å². The number of carbonyl (C=O) groups is 3. The number of piperidine rings is 3. The van der Waals surface area contributed by atoms with Crippen LogP contribution in [0.5, 0.6) is 11.8 Å². The summed E-state index contributed by atoms with van der Waals surface area (Å²) in [5.41, 5.74) is 3.41. The second kappa shape index (κ2) is 26.6. The fourth-order valence-electron chi connectivity index (χ4n) is 13.7. The van der Waals surface area contributed by atoms with E-state index in [2.05, 4.69) is 60.5 Å². The fraction of sp³-hybridized carbons (Fsp3) is 0.594. The molecule has 3 unspecified atom stereocenters. The summed E-state index contributed by atoms with van der Waals surface area (Å²) in [6.07, 6.45) is 18.9. The Morgan fingerprint density at radius 2 is 1.68 bits per heavy atom. The third-order valence-corrected chi connectivity index (χ3v) is 18.4. The standard InChI is InChI=1S/C32H52N4O.C26H26F2N4O3.C6H9NO2/c1-4-32(37)34(3)31-20-28(12-7-24(31)2)27-15-18-35(19-16-27)23-26-10-8-25(9-11-26)21-33-22-30-14-13-29-6-5-17-36(29)30;1-4-16-19(27)7-6-14-10-15(33)11-17(20(14)16)22-21(28)23-18(12-29-22)24(31-25(30-23)35-3)32-9-5-8-26(2,34)13-32;1-4-2-3-5(8)7-6(4)9/h7,12,20,25-27,29-30,33H,4-6,8-11,13-19,21-23H2,1-3H3;6-7,10-12,33-34H,4-5,8-9,13H2,1-3H3;4H,2-3H2,1H3,(H,7,8,9)/t;26-;/m.1./s1. The Morgan fingerprint density at radius 3 is 2.38 bits per heavy atom. The number of nitrogens with one attached hydrogen (secondary N) is 2. The number of anilines is 2. The quantitative estimate of drug-likeness (QED) is 0.0820. The van der Waals surface area contributed by atoms with Crippen LogP contribution in [0.15, 0.2) is 48.7 Å². The molecule has 6 fully saturated rings. The van der Waals surface area contributed by atoms with E-state index in [1.165, 1.54) is 146 Å². The zero-order chi connectivity index (χ0) is 57.5. The van der Waals surface area contributed by atoms with Crippen molar-refractivity contribution in [2.75, 3.05) is 76.3 Å². The third-order valence-electron chi connectivity index (χ3n) is 18.4. The number of ether oxygens (including phenoxy) is 1. The molecule has 0 radical (unpaired) electrons. The number of phenols is 1. The van der Waals surface area contributed by atoms with Crippen LogP contribution in [-0.2, 0) is 20.8 Å². The van der Waals surface area contributed by atoms with Gasteiger partial charge < -0.3 is 35.0 Å². The van der Waals surface area contributed by atoms with Gasteiger partial charge in [-0.15, -0.1) is 0 Å². The Hall–Kier alpha value is -5.88. The van der Waals surface area contributed by atoms with Crippen LogP contribution >= 0.6 is 0 Å². The van der Waals surface area contributed by atoms with Gasteiger partial charge in [-0.25, -0.2) is 8.78 Å². The van der Waals surface area contributed by atoms with E-state index in [4.69, 9.17) is 4.74 Å². The van der Waals surface area contributed by atoms with Crippen LogP contribution in [-0.4, -0.2) is 137 Å². The minimum Gasteiger partial charge on any atom is -0.508 e. The van der Waals surface area contributed by atoms with Gasteiger partial charge in [-0.1, -0.05) is 39.0 Å². The number of methoxy groups -OCH3 is 1. The number of pyridine rings is 1. The molecule has 15 nitrogen and oxygen atoms in total. The summed E-state index contributed by atoms with van der Waals surface area (Å²) in [7, 11) is 3.32. The zero-order valence-electron chi connectivity index (χ0n) is 49.0. The van der Waals surface area contributed by atoms with Crippen molar-refractivity contribution in [2.24, 2.45) is 17.8 Å². The van der Waals surface area contributed by atoms with Gasteiger partial charge in [0.1, 0.15) is 28.6 Å². The Kier molecular flexibility index (Phi) is 19.6. The van der Waals surface area contributed by atoms with E-state index in [1.807, 2.05) is 37.6 Å². The largest absolute Gasteiger partial charge is 0.508 e. The Bertz CT molecular complexity index is 3030. The van der Waals surface area contributed by atoms with Crippen molar-refractivity contribution in [1.29, 1.82) is 0 Å². The first-order valence-electron chi connectivity index (χ1n) is 30.2. The summed E-state index contributed by atoms with van der Waals surface area (Å²) < 4.78 is 36.0. The normalized spacial score (nSPS) is 24.5. The van der Waals surface area contributed by atoms with Gasteiger partial charge in [0.05, 0.1) is 18.1 Å². The van der Waals surface area contributed by atoms with Crippen LogP contribution in [0.3, 0.4) is 0 Å². The SMILES string of the molecule is CC1CCC(=O)NC1=O.CCC(=O)N(C)c1cc(C2CCN(CC3CCC(CNCC4CCC5CCCN54)CC3)CC2)ccc1C.CCc1c(F)ccc2cc(O)cc(-c3ncc4c(N5CCC[C@@](C)(O)C5)nc(OC)nc4c3F)c12. The molecule has 1 aliphatic carbocycles. The number of hydrogen-bond acceptors (Lipinski definition) is 13. The Labute approximate surface area is 477 Å². The van der Waals surface area contributed by atoms with Gasteiger partial charge >= 0.3 is 6.01 Å². The molecule has 0 bridgehead atoms. The van der Waals surface area contributed by atoms with Crippen molar-refractivity contribution in [2.45, 2.75) is 161 Å². The van der Waals surface area contributed by atoms with E-state index >= 15 is 4.39 Å². The highest BCUT2D eigenvalue weighted by atomic mass is 19.1. The van der Waals surface area contributed by atoms with Gasteiger partial charge in [-0.05, 0) is 199 Å². The van der Waals surface area contributed by atoms with E-state index in [-0.39, 0.29) is 52.2 Å². The number of halogens is 2. The lowest BCUT2D eigenvalue weighted by Crippen LogP contribution is -2.46. The molecule has 2 aromatic heterocycles. The summed E-state index contributed by atoms with van der Waals surface area (Å²) in [4.78, 5) is 55.8. The van der Waals surface area contributed by atoms with Crippen molar-refractivity contribution in [3.8, 4) is 23.0 Å². The van der Waals surface area contributed by atoms with E-state index in [0.29, 0.717) is 78.7 Å². The van der Waals surface area contributed by atoms with Crippen LogP contribution in [0.2, 0.25) is 0 Å². The third kappa shape index (κ3) is 14.1. The van der Waals surface area contributed by atoms with E-state index in [1.54, 1.807) is 13.0 Å². The minimum absolute atomic E-state index is 0.00647. The molecule has 6 aliphatic rings. The zero-order valence-corrected chi connectivity index (χ0v) is 49.0. The molecule has 81 heavy (non-hydrogen) atoms. The van der Waals surface area contributed by atoms with Gasteiger partial charge in [-0.3, -0.25) is 29.6 Å². The van der Waals surface area contributed by atoms with Gasteiger partial charge in [0.25, 0.3) is 0 Å². The number of aromatic hydroxyl groups is 1. The number of imide groups is 1. The molecule has 5 aliphatic heterocycles. The smallest absolute Gasteiger partial charge is 0.318 e. The molecular formula is C64H87F2N9O6. The molecule has 7 heterocycles. The van der Waals surface area contributed by atoms with Crippen molar-refractivity contribution in [3.05, 3.63) is 77.0 Å². The molecule has 4 atom stereocenters. The number of likely N-dealkylation sites (tertiary alicyclic amines) is 1. The summed E-state index contributed by atoms with van der Waals surface area (Å²) >= 11 is 0. The molecule has 3 amide bonds. The second-order valence-electron chi connectivity index (χ2n) is 24.3. The molecule has 5 aromatic rings. The van der Waals surface area contributed by atoms with Crippen LogP contribution < -0.4 is 25.2 Å². The number of aliphatic hydroxyl groups is 1.